The molecule has 0 fully saturated rings. The van der Waals surface area contributed by atoms with Crippen molar-refractivity contribution in [2.45, 2.75) is 25.7 Å². The second-order valence-corrected chi connectivity index (χ2v) is 9.35. The number of ether oxygens (including phenoxy) is 1. The van der Waals surface area contributed by atoms with E-state index < -0.39 is 10.0 Å². The third kappa shape index (κ3) is 5.96. The number of methoxy groups -OCH3 is 1. The van der Waals surface area contributed by atoms with E-state index in [1.807, 2.05) is 39.0 Å². The van der Waals surface area contributed by atoms with Gasteiger partial charge in [-0.1, -0.05) is 12.1 Å². The second kappa shape index (κ2) is 9.36. The van der Waals surface area contributed by atoms with E-state index in [-0.39, 0.29) is 4.90 Å². The highest BCUT2D eigenvalue weighted by Gasteiger charge is 2.20. The molecule has 0 amide bonds. The van der Waals surface area contributed by atoms with Crippen LogP contribution in [0, 0.1) is 20.8 Å². The first-order valence-corrected chi connectivity index (χ1v) is 11.5. The highest BCUT2D eigenvalue weighted by Crippen LogP contribution is 2.26. The molecule has 0 aliphatic heterocycles. The van der Waals surface area contributed by atoms with Crippen molar-refractivity contribution in [1.29, 1.82) is 0 Å². The summed E-state index contributed by atoms with van der Waals surface area (Å²) >= 11 is 5.43. The molecule has 0 bridgehead atoms. The molecule has 0 spiro atoms. The van der Waals surface area contributed by atoms with Gasteiger partial charge in [0.1, 0.15) is 10.6 Å². The van der Waals surface area contributed by atoms with Gasteiger partial charge in [-0.15, -0.1) is 0 Å². The maximum atomic E-state index is 13.1. The number of hydrogen-bond acceptors (Lipinski definition) is 4. The van der Waals surface area contributed by atoms with Gasteiger partial charge in [-0.25, -0.2) is 8.42 Å². The minimum atomic E-state index is -3.86. The van der Waals surface area contributed by atoms with Crippen LogP contribution in [0.2, 0.25) is 0 Å². The molecule has 0 unspecified atom stereocenters. The van der Waals surface area contributed by atoms with Crippen LogP contribution >= 0.6 is 12.2 Å². The smallest absolute Gasteiger partial charge is 0.263 e. The molecular weight excluding hydrogens is 430 g/mol. The van der Waals surface area contributed by atoms with Crippen LogP contribution in [0.15, 0.2) is 65.6 Å². The van der Waals surface area contributed by atoms with Crippen LogP contribution in [0.25, 0.3) is 0 Å². The van der Waals surface area contributed by atoms with Gasteiger partial charge in [0.15, 0.2) is 5.11 Å². The zero-order chi connectivity index (χ0) is 22.6. The molecule has 3 rings (SSSR count). The number of benzene rings is 3. The Balaban J connectivity index is 1.84. The van der Waals surface area contributed by atoms with Gasteiger partial charge >= 0.3 is 0 Å². The molecule has 3 aromatic carbocycles. The average Bonchev–Trinajstić information content (AvgIpc) is 2.68. The third-order valence-corrected chi connectivity index (χ3v) is 6.12. The minimum Gasteiger partial charge on any atom is -0.497 e. The van der Waals surface area contributed by atoms with E-state index in [1.165, 1.54) is 0 Å². The van der Waals surface area contributed by atoms with E-state index in [0.717, 1.165) is 22.4 Å². The van der Waals surface area contributed by atoms with E-state index in [4.69, 9.17) is 17.0 Å². The fourth-order valence-electron chi connectivity index (χ4n) is 3.16. The molecule has 0 saturated carbocycles. The fourth-order valence-corrected chi connectivity index (χ4v) is 4.69. The lowest BCUT2D eigenvalue weighted by Gasteiger charge is -2.16. The SMILES string of the molecule is COc1ccc(NS(=O)(=O)c2cc(C)ccc2NC(=S)Nc2cc(C)cc(C)c2)cc1. The predicted molar refractivity (Wildman–Crippen MR) is 131 cm³/mol. The lowest BCUT2D eigenvalue weighted by Crippen LogP contribution is -2.22. The first-order valence-electron chi connectivity index (χ1n) is 9.60. The van der Waals surface area contributed by atoms with Gasteiger partial charge < -0.3 is 15.4 Å². The highest BCUT2D eigenvalue weighted by atomic mass is 32.2. The van der Waals surface area contributed by atoms with Crippen LogP contribution in [-0.2, 0) is 10.0 Å². The van der Waals surface area contributed by atoms with Crippen LogP contribution in [-0.4, -0.2) is 20.6 Å². The molecule has 0 heterocycles. The van der Waals surface area contributed by atoms with E-state index >= 15 is 0 Å². The van der Waals surface area contributed by atoms with Crippen LogP contribution in [0.3, 0.4) is 0 Å². The minimum absolute atomic E-state index is 0.105. The van der Waals surface area contributed by atoms with Crippen molar-refractivity contribution < 1.29 is 13.2 Å². The first kappa shape index (κ1) is 22.6. The molecule has 0 aliphatic rings. The predicted octanol–water partition coefficient (Wildman–Crippen LogP) is 5.23. The lowest BCUT2D eigenvalue weighted by molar-refractivity contribution is 0.415. The molecule has 31 heavy (non-hydrogen) atoms. The number of nitrogens with one attached hydrogen (secondary N) is 3. The molecule has 0 aromatic heterocycles. The Hall–Kier alpha value is -3.10. The van der Waals surface area contributed by atoms with Crippen molar-refractivity contribution in [3.8, 4) is 5.75 Å². The zero-order valence-corrected chi connectivity index (χ0v) is 19.4. The topological polar surface area (TPSA) is 79.5 Å². The number of rotatable bonds is 6. The Morgan fingerprint density at radius 3 is 2.06 bits per heavy atom. The summed E-state index contributed by atoms with van der Waals surface area (Å²) in [6.07, 6.45) is 0. The van der Waals surface area contributed by atoms with Gasteiger partial charge in [0.05, 0.1) is 12.8 Å². The van der Waals surface area contributed by atoms with E-state index in [2.05, 4.69) is 21.4 Å². The number of hydrogen-bond donors (Lipinski definition) is 3. The summed E-state index contributed by atoms with van der Waals surface area (Å²) in [6.45, 7) is 5.84. The Kier molecular flexibility index (Phi) is 6.82. The van der Waals surface area contributed by atoms with Gasteiger partial charge in [-0.2, -0.15) is 0 Å². The van der Waals surface area contributed by atoms with E-state index in [0.29, 0.717) is 22.2 Å². The van der Waals surface area contributed by atoms with Gasteiger partial charge in [-0.05, 0) is 98.2 Å². The van der Waals surface area contributed by atoms with Crippen LogP contribution in [0.5, 0.6) is 5.75 Å². The molecule has 0 radical (unpaired) electrons. The molecule has 3 aromatic rings. The molecular formula is C23H25N3O3S2. The van der Waals surface area contributed by atoms with Gasteiger partial charge in [0.2, 0.25) is 0 Å². The summed E-state index contributed by atoms with van der Waals surface area (Å²) in [6, 6.07) is 17.8. The van der Waals surface area contributed by atoms with Gasteiger partial charge in [0, 0.05) is 11.4 Å². The van der Waals surface area contributed by atoms with E-state index in [9.17, 15) is 8.42 Å². The Morgan fingerprint density at radius 2 is 1.45 bits per heavy atom. The quantitative estimate of drug-likeness (QED) is 0.442. The number of aryl methyl sites for hydroxylation is 3. The molecule has 0 aliphatic carbocycles. The van der Waals surface area contributed by atoms with Crippen molar-refractivity contribution in [2.75, 3.05) is 22.5 Å². The van der Waals surface area contributed by atoms with Crippen molar-refractivity contribution in [2.24, 2.45) is 0 Å². The molecule has 3 N–H and O–H groups in total. The van der Waals surface area contributed by atoms with E-state index in [1.54, 1.807) is 43.5 Å². The summed E-state index contributed by atoms with van der Waals surface area (Å²) < 4.78 is 33.9. The molecule has 6 nitrogen and oxygen atoms in total. The highest BCUT2D eigenvalue weighted by molar-refractivity contribution is 7.93. The second-order valence-electron chi connectivity index (χ2n) is 7.29. The van der Waals surface area contributed by atoms with Crippen molar-refractivity contribution >= 4 is 44.4 Å². The largest absolute Gasteiger partial charge is 0.497 e. The summed E-state index contributed by atoms with van der Waals surface area (Å²) in [5, 5.41) is 6.44. The summed E-state index contributed by atoms with van der Waals surface area (Å²) in [4.78, 5) is 0.105. The molecule has 0 saturated heterocycles. The van der Waals surface area contributed by atoms with Crippen molar-refractivity contribution in [3.05, 3.63) is 77.4 Å². The van der Waals surface area contributed by atoms with Crippen molar-refractivity contribution in [1.82, 2.24) is 0 Å². The molecule has 162 valence electrons. The standard InChI is InChI=1S/C23H25N3O3S2/c1-15-5-10-21(25-23(30)24-19-12-16(2)11-17(3)13-19)22(14-15)31(27,28)26-18-6-8-20(29-4)9-7-18/h5-14,26H,1-4H3,(H2,24,25,30). The summed E-state index contributed by atoms with van der Waals surface area (Å²) in [5.74, 6) is 0.642. The summed E-state index contributed by atoms with van der Waals surface area (Å²) in [7, 11) is -2.30. The fraction of sp³-hybridized carbons (Fsp3) is 0.174. The Labute approximate surface area is 188 Å². The molecule has 0 atom stereocenters. The Morgan fingerprint density at radius 1 is 0.806 bits per heavy atom. The number of thiocarbonyl (C=S) groups is 1. The third-order valence-electron chi connectivity index (χ3n) is 4.50. The normalized spacial score (nSPS) is 11.0. The number of sulfonamides is 1. The lowest BCUT2D eigenvalue weighted by atomic mass is 10.1. The first-order chi connectivity index (χ1) is 14.7. The van der Waals surface area contributed by atoms with Gasteiger partial charge in [0.25, 0.3) is 10.0 Å². The van der Waals surface area contributed by atoms with Gasteiger partial charge in [-0.3, -0.25) is 4.72 Å². The monoisotopic (exact) mass is 455 g/mol. The number of anilines is 3. The Bertz CT molecular complexity index is 1190. The molecule has 8 heteroatoms. The van der Waals surface area contributed by atoms with Crippen LogP contribution in [0.4, 0.5) is 17.1 Å². The zero-order valence-electron chi connectivity index (χ0n) is 17.8. The van der Waals surface area contributed by atoms with Crippen LogP contribution in [0.1, 0.15) is 16.7 Å². The maximum Gasteiger partial charge on any atom is 0.263 e. The summed E-state index contributed by atoms with van der Waals surface area (Å²) in [5.41, 5.74) is 4.68. The van der Waals surface area contributed by atoms with Crippen molar-refractivity contribution in [3.63, 3.8) is 0 Å². The maximum absolute atomic E-state index is 13.1. The average molecular weight is 456 g/mol. The van der Waals surface area contributed by atoms with Crippen LogP contribution < -0.4 is 20.1 Å².